The molecule has 0 saturated heterocycles. The number of hydrogen-bond acceptors (Lipinski definition) is 0. The fourth-order valence-electron chi connectivity index (χ4n) is 7.18. The highest BCUT2D eigenvalue weighted by molar-refractivity contribution is 6.10. The lowest BCUT2D eigenvalue weighted by Crippen LogP contribution is -2.25. The Kier molecular flexibility index (Phi) is 7.55. The number of rotatable bonds is 11. The second-order valence-corrected chi connectivity index (χ2v) is 11.7. The molecule has 0 amide bonds. The summed E-state index contributed by atoms with van der Waals surface area (Å²) >= 11 is 0. The molecule has 0 radical (unpaired) electrons. The van der Waals surface area contributed by atoms with Crippen molar-refractivity contribution in [1.29, 1.82) is 0 Å². The molecule has 0 spiro atoms. The van der Waals surface area contributed by atoms with Crippen LogP contribution in [-0.4, -0.2) is 0 Å². The van der Waals surface area contributed by atoms with Crippen molar-refractivity contribution < 1.29 is 0 Å². The summed E-state index contributed by atoms with van der Waals surface area (Å²) in [4.78, 5) is 0. The standard InChI is InChI=1S/C39H42/c1-3-5-7-14-24-39(25-15-8-6-4-2)37-19-13-12-18-33(37)36-27-32-23-21-30-20-22-31(29-16-10-9-11-17-29)26-34(30)35(32)28-38(36)39/h9-13,16-23,26-28H,3-8,14-15,24-25H2,1-2H3. The Morgan fingerprint density at radius 3 is 1.85 bits per heavy atom. The molecule has 0 fully saturated rings. The Hall–Kier alpha value is -3.38. The van der Waals surface area contributed by atoms with Crippen LogP contribution in [0.4, 0.5) is 0 Å². The van der Waals surface area contributed by atoms with Crippen molar-refractivity contribution in [2.75, 3.05) is 0 Å². The summed E-state index contributed by atoms with van der Waals surface area (Å²) in [6.45, 7) is 4.64. The molecular weight excluding hydrogens is 468 g/mol. The largest absolute Gasteiger partial charge is 0.0654 e. The van der Waals surface area contributed by atoms with E-state index in [2.05, 4.69) is 111 Å². The van der Waals surface area contributed by atoms with E-state index < -0.39 is 0 Å². The minimum atomic E-state index is 0.126. The van der Waals surface area contributed by atoms with E-state index in [0.29, 0.717) is 0 Å². The zero-order valence-corrected chi connectivity index (χ0v) is 23.8. The maximum absolute atomic E-state index is 2.61. The molecule has 0 nitrogen and oxygen atoms in total. The highest BCUT2D eigenvalue weighted by Crippen LogP contribution is 2.55. The molecule has 0 bridgehead atoms. The molecule has 0 aliphatic heterocycles. The molecule has 0 N–H and O–H groups in total. The summed E-state index contributed by atoms with van der Waals surface area (Å²) in [6.07, 6.45) is 13.1. The molecule has 1 aliphatic rings. The zero-order chi connectivity index (χ0) is 26.7. The average Bonchev–Trinajstić information content (AvgIpc) is 3.25. The zero-order valence-electron chi connectivity index (χ0n) is 23.8. The lowest BCUT2D eigenvalue weighted by molar-refractivity contribution is 0.401. The van der Waals surface area contributed by atoms with Gasteiger partial charge in [0.05, 0.1) is 0 Å². The van der Waals surface area contributed by atoms with E-state index in [1.54, 1.807) is 11.1 Å². The summed E-state index contributed by atoms with van der Waals surface area (Å²) < 4.78 is 0. The number of unbranched alkanes of at least 4 members (excludes halogenated alkanes) is 6. The first kappa shape index (κ1) is 25.9. The Balaban J connectivity index is 1.54. The molecular formula is C39H42. The predicted molar refractivity (Wildman–Crippen MR) is 171 cm³/mol. The van der Waals surface area contributed by atoms with Gasteiger partial charge in [0.1, 0.15) is 0 Å². The van der Waals surface area contributed by atoms with Gasteiger partial charge in [-0.25, -0.2) is 0 Å². The van der Waals surface area contributed by atoms with Crippen molar-refractivity contribution in [3.05, 3.63) is 108 Å². The molecule has 1 aliphatic carbocycles. The van der Waals surface area contributed by atoms with Crippen LogP contribution in [0.25, 0.3) is 43.8 Å². The van der Waals surface area contributed by atoms with E-state index in [0.717, 1.165) is 0 Å². The summed E-state index contributed by atoms with van der Waals surface area (Å²) in [5.74, 6) is 0. The fourth-order valence-corrected chi connectivity index (χ4v) is 7.18. The van der Waals surface area contributed by atoms with Gasteiger partial charge < -0.3 is 0 Å². The van der Waals surface area contributed by atoms with Gasteiger partial charge in [0.15, 0.2) is 0 Å². The highest BCUT2D eigenvalue weighted by Gasteiger charge is 2.42. The van der Waals surface area contributed by atoms with E-state index in [-0.39, 0.29) is 5.41 Å². The van der Waals surface area contributed by atoms with Gasteiger partial charge in [0.25, 0.3) is 0 Å². The van der Waals surface area contributed by atoms with Crippen molar-refractivity contribution in [3.63, 3.8) is 0 Å². The quantitative estimate of drug-likeness (QED) is 0.122. The number of hydrogen-bond donors (Lipinski definition) is 0. The van der Waals surface area contributed by atoms with Gasteiger partial charge in [0, 0.05) is 5.41 Å². The van der Waals surface area contributed by atoms with Crippen LogP contribution < -0.4 is 0 Å². The van der Waals surface area contributed by atoms with Crippen molar-refractivity contribution in [1.82, 2.24) is 0 Å². The van der Waals surface area contributed by atoms with E-state index >= 15 is 0 Å². The minimum absolute atomic E-state index is 0.126. The van der Waals surface area contributed by atoms with Gasteiger partial charge in [-0.05, 0) is 86.0 Å². The monoisotopic (exact) mass is 510 g/mol. The third-order valence-electron chi connectivity index (χ3n) is 9.25. The average molecular weight is 511 g/mol. The molecule has 39 heavy (non-hydrogen) atoms. The first-order valence-corrected chi connectivity index (χ1v) is 15.4. The fraction of sp³-hybridized carbons (Fsp3) is 0.333. The molecule has 0 atom stereocenters. The molecule has 5 aromatic carbocycles. The normalized spacial score (nSPS) is 13.6. The van der Waals surface area contributed by atoms with Crippen LogP contribution in [-0.2, 0) is 5.41 Å². The van der Waals surface area contributed by atoms with E-state index in [9.17, 15) is 0 Å². The minimum Gasteiger partial charge on any atom is -0.0654 e. The maximum atomic E-state index is 2.61. The SMILES string of the molecule is CCCCCCC1(CCCCCC)c2ccccc2-c2cc3ccc4ccc(-c5ccccc5)cc4c3cc21. The van der Waals surface area contributed by atoms with Gasteiger partial charge >= 0.3 is 0 Å². The third kappa shape index (κ3) is 4.80. The van der Waals surface area contributed by atoms with Crippen LogP contribution in [0, 0.1) is 0 Å². The van der Waals surface area contributed by atoms with Gasteiger partial charge in [-0.15, -0.1) is 0 Å². The summed E-state index contributed by atoms with van der Waals surface area (Å²) in [5, 5.41) is 5.46. The summed E-state index contributed by atoms with van der Waals surface area (Å²) in [5.41, 5.74) is 8.82. The Bertz CT molecular complexity index is 1560. The number of benzene rings is 5. The Morgan fingerprint density at radius 1 is 0.462 bits per heavy atom. The lowest BCUT2D eigenvalue weighted by Gasteiger charge is -2.33. The molecule has 0 unspecified atom stereocenters. The third-order valence-corrected chi connectivity index (χ3v) is 9.25. The molecule has 198 valence electrons. The number of fused-ring (bicyclic) bond motifs is 6. The first-order chi connectivity index (χ1) is 19.2. The van der Waals surface area contributed by atoms with E-state index in [1.807, 2.05) is 0 Å². The van der Waals surface area contributed by atoms with Gasteiger partial charge in [-0.3, -0.25) is 0 Å². The van der Waals surface area contributed by atoms with Crippen molar-refractivity contribution in [3.8, 4) is 22.3 Å². The van der Waals surface area contributed by atoms with Crippen molar-refractivity contribution >= 4 is 21.5 Å². The first-order valence-electron chi connectivity index (χ1n) is 15.4. The van der Waals surface area contributed by atoms with Crippen LogP contribution in [0.1, 0.15) is 89.2 Å². The van der Waals surface area contributed by atoms with E-state index in [1.165, 1.54) is 108 Å². The molecule has 0 aromatic heterocycles. The topological polar surface area (TPSA) is 0 Å². The molecule has 0 heterocycles. The van der Waals surface area contributed by atoms with Gasteiger partial charge in [0.2, 0.25) is 0 Å². The smallest absolute Gasteiger partial charge is 0.0215 e. The second kappa shape index (κ2) is 11.4. The van der Waals surface area contributed by atoms with Crippen LogP contribution in [0.2, 0.25) is 0 Å². The predicted octanol–water partition coefficient (Wildman–Crippen LogP) is 11.9. The summed E-state index contributed by atoms with van der Waals surface area (Å²) in [6, 6.07) is 36.9. The lowest BCUT2D eigenvalue weighted by atomic mass is 9.70. The maximum Gasteiger partial charge on any atom is 0.0215 e. The van der Waals surface area contributed by atoms with E-state index in [4.69, 9.17) is 0 Å². The molecule has 6 rings (SSSR count). The molecule has 0 saturated carbocycles. The summed E-state index contributed by atoms with van der Waals surface area (Å²) in [7, 11) is 0. The highest BCUT2D eigenvalue weighted by atomic mass is 14.4. The van der Waals surface area contributed by atoms with Gasteiger partial charge in [-0.2, -0.15) is 0 Å². The van der Waals surface area contributed by atoms with Crippen LogP contribution in [0.15, 0.2) is 97.1 Å². The Labute approximate surface area is 235 Å². The van der Waals surface area contributed by atoms with Crippen LogP contribution in [0.3, 0.4) is 0 Å². The Morgan fingerprint density at radius 2 is 1.10 bits per heavy atom. The van der Waals surface area contributed by atoms with Crippen LogP contribution in [0.5, 0.6) is 0 Å². The second-order valence-electron chi connectivity index (χ2n) is 11.7. The van der Waals surface area contributed by atoms with Crippen LogP contribution >= 0.6 is 0 Å². The molecule has 0 heteroatoms. The van der Waals surface area contributed by atoms with Gasteiger partial charge in [-0.1, -0.05) is 144 Å². The molecule has 5 aromatic rings. The van der Waals surface area contributed by atoms with Crippen molar-refractivity contribution in [2.24, 2.45) is 0 Å². The van der Waals surface area contributed by atoms with Crippen molar-refractivity contribution in [2.45, 2.75) is 83.5 Å².